The number of piperidine rings is 1. The summed E-state index contributed by atoms with van der Waals surface area (Å²) in [5.74, 6) is 1.62. The molecular formula is C19H32N6O3. The summed E-state index contributed by atoms with van der Waals surface area (Å²) in [6, 6.07) is 0. The second kappa shape index (κ2) is 8.46. The summed E-state index contributed by atoms with van der Waals surface area (Å²) in [5.41, 5.74) is -0.522. The van der Waals surface area contributed by atoms with Crippen LogP contribution in [0.1, 0.15) is 45.3 Å². The van der Waals surface area contributed by atoms with E-state index in [1.165, 1.54) is 0 Å². The lowest BCUT2D eigenvalue weighted by Crippen LogP contribution is -2.53. The van der Waals surface area contributed by atoms with Gasteiger partial charge in [-0.2, -0.15) is 5.10 Å². The lowest BCUT2D eigenvalue weighted by molar-refractivity contribution is -0.139. The molecule has 0 aliphatic carbocycles. The molecule has 9 heteroatoms. The Morgan fingerprint density at radius 1 is 1.14 bits per heavy atom. The Kier molecular flexibility index (Phi) is 6.22. The molecule has 3 heterocycles. The highest BCUT2D eigenvalue weighted by Gasteiger charge is 2.34. The number of aryl methyl sites for hydroxylation is 1. The second-order valence-corrected chi connectivity index (χ2v) is 8.70. The van der Waals surface area contributed by atoms with Crippen LogP contribution in [0, 0.1) is 12.8 Å². The van der Waals surface area contributed by atoms with E-state index in [4.69, 9.17) is 4.74 Å². The van der Waals surface area contributed by atoms with E-state index in [0.717, 1.165) is 37.6 Å². The number of piperazine rings is 1. The van der Waals surface area contributed by atoms with Gasteiger partial charge in [0.25, 0.3) is 0 Å². The molecule has 1 atom stereocenters. The quantitative estimate of drug-likeness (QED) is 0.836. The van der Waals surface area contributed by atoms with E-state index < -0.39 is 5.60 Å². The lowest BCUT2D eigenvalue weighted by Gasteiger charge is -2.39. The molecule has 0 radical (unpaired) electrons. The smallest absolute Gasteiger partial charge is 0.410 e. The van der Waals surface area contributed by atoms with Crippen molar-refractivity contribution in [1.82, 2.24) is 29.9 Å². The topological polar surface area (TPSA) is 94.7 Å². The van der Waals surface area contributed by atoms with E-state index in [2.05, 4.69) is 20.1 Å². The van der Waals surface area contributed by atoms with Crippen LogP contribution in [-0.2, 0) is 16.1 Å². The van der Waals surface area contributed by atoms with Gasteiger partial charge in [-0.15, -0.1) is 0 Å². The highest BCUT2D eigenvalue weighted by atomic mass is 16.6. The number of amides is 2. The first kappa shape index (κ1) is 20.6. The van der Waals surface area contributed by atoms with Gasteiger partial charge < -0.3 is 14.5 Å². The SMILES string of the molecule is Cc1nc(CN2CCN(C(=O)[C@H]3CCCN(C(=O)OC(C)(C)C)C3)CC2)n[nH]1. The molecule has 0 bridgehead atoms. The van der Waals surface area contributed by atoms with Gasteiger partial charge in [0.2, 0.25) is 5.91 Å². The van der Waals surface area contributed by atoms with Crippen LogP contribution < -0.4 is 0 Å². The van der Waals surface area contributed by atoms with Crippen molar-refractivity contribution in [3.05, 3.63) is 11.6 Å². The maximum absolute atomic E-state index is 13.0. The largest absolute Gasteiger partial charge is 0.444 e. The molecular weight excluding hydrogens is 360 g/mol. The summed E-state index contributed by atoms with van der Waals surface area (Å²) >= 11 is 0. The van der Waals surface area contributed by atoms with Crippen molar-refractivity contribution in [1.29, 1.82) is 0 Å². The first-order valence-corrected chi connectivity index (χ1v) is 10.1. The zero-order valence-corrected chi connectivity index (χ0v) is 17.4. The highest BCUT2D eigenvalue weighted by Crippen LogP contribution is 2.22. The van der Waals surface area contributed by atoms with Crippen LogP contribution in [0.3, 0.4) is 0 Å². The van der Waals surface area contributed by atoms with E-state index in [0.29, 0.717) is 32.7 Å². The summed E-state index contributed by atoms with van der Waals surface area (Å²) in [6.45, 7) is 12.3. The van der Waals surface area contributed by atoms with Crippen molar-refractivity contribution < 1.29 is 14.3 Å². The Hall–Kier alpha value is -2.16. The minimum atomic E-state index is -0.522. The van der Waals surface area contributed by atoms with Crippen molar-refractivity contribution >= 4 is 12.0 Å². The van der Waals surface area contributed by atoms with Gasteiger partial charge >= 0.3 is 6.09 Å². The van der Waals surface area contributed by atoms with Crippen LogP contribution in [-0.4, -0.2) is 86.8 Å². The van der Waals surface area contributed by atoms with E-state index in [-0.39, 0.29) is 17.9 Å². The Morgan fingerprint density at radius 3 is 2.46 bits per heavy atom. The molecule has 156 valence electrons. The number of nitrogens with one attached hydrogen (secondary N) is 1. The number of hydrogen-bond donors (Lipinski definition) is 1. The minimum absolute atomic E-state index is 0.136. The highest BCUT2D eigenvalue weighted by molar-refractivity contribution is 5.80. The fourth-order valence-electron chi connectivity index (χ4n) is 3.72. The molecule has 1 aromatic heterocycles. The van der Waals surface area contributed by atoms with Gasteiger partial charge in [0, 0.05) is 39.3 Å². The number of carbonyl (C=O) groups excluding carboxylic acids is 2. The number of carbonyl (C=O) groups is 2. The van der Waals surface area contributed by atoms with E-state index in [1.54, 1.807) is 4.90 Å². The Morgan fingerprint density at radius 2 is 1.86 bits per heavy atom. The average Bonchev–Trinajstić information content (AvgIpc) is 3.05. The number of aromatic amines is 1. The number of rotatable bonds is 3. The van der Waals surface area contributed by atoms with E-state index in [1.807, 2.05) is 32.6 Å². The molecule has 3 rings (SSSR count). The molecule has 0 aromatic carbocycles. The van der Waals surface area contributed by atoms with Gasteiger partial charge in [0.05, 0.1) is 12.5 Å². The monoisotopic (exact) mass is 392 g/mol. The summed E-state index contributed by atoms with van der Waals surface area (Å²) in [7, 11) is 0. The zero-order valence-electron chi connectivity index (χ0n) is 17.4. The van der Waals surface area contributed by atoms with Gasteiger partial charge in [-0.3, -0.25) is 14.8 Å². The van der Waals surface area contributed by atoms with E-state index in [9.17, 15) is 9.59 Å². The van der Waals surface area contributed by atoms with Crippen LogP contribution >= 0.6 is 0 Å². The fraction of sp³-hybridized carbons (Fsp3) is 0.789. The first-order chi connectivity index (χ1) is 13.2. The van der Waals surface area contributed by atoms with Gasteiger partial charge in [-0.25, -0.2) is 9.78 Å². The molecule has 2 fully saturated rings. The molecule has 0 spiro atoms. The maximum Gasteiger partial charge on any atom is 0.410 e. The number of likely N-dealkylation sites (tertiary alicyclic amines) is 1. The molecule has 2 amide bonds. The van der Waals surface area contributed by atoms with Gasteiger partial charge in [0.1, 0.15) is 11.4 Å². The van der Waals surface area contributed by atoms with Crippen molar-refractivity contribution in [2.75, 3.05) is 39.3 Å². The third-order valence-corrected chi connectivity index (χ3v) is 5.11. The maximum atomic E-state index is 13.0. The molecule has 0 unspecified atom stereocenters. The fourth-order valence-corrected chi connectivity index (χ4v) is 3.72. The van der Waals surface area contributed by atoms with Gasteiger partial charge in [-0.1, -0.05) is 0 Å². The Bertz CT molecular complexity index is 690. The third kappa shape index (κ3) is 5.43. The number of aromatic nitrogens is 3. The van der Waals surface area contributed by atoms with Crippen molar-refractivity contribution in [2.45, 2.75) is 52.7 Å². The minimum Gasteiger partial charge on any atom is -0.444 e. The summed E-state index contributed by atoms with van der Waals surface area (Å²) < 4.78 is 5.46. The average molecular weight is 393 g/mol. The molecule has 2 saturated heterocycles. The van der Waals surface area contributed by atoms with Crippen molar-refractivity contribution in [3.8, 4) is 0 Å². The zero-order chi connectivity index (χ0) is 20.3. The number of ether oxygens (including phenoxy) is 1. The number of nitrogens with zero attached hydrogens (tertiary/aromatic N) is 5. The van der Waals surface area contributed by atoms with Crippen LogP contribution in [0.5, 0.6) is 0 Å². The molecule has 9 nitrogen and oxygen atoms in total. The second-order valence-electron chi connectivity index (χ2n) is 8.70. The lowest BCUT2D eigenvalue weighted by atomic mass is 9.96. The molecule has 28 heavy (non-hydrogen) atoms. The van der Waals surface area contributed by atoms with Crippen LogP contribution in [0.15, 0.2) is 0 Å². The molecule has 1 N–H and O–H groups in total. The summed E-state index contributed by atoms with van der Waals surface area (Å²) in [5, 5.41) is 7.04. The van der Waals surface area contributed by atoms with Crippen LogP contribution in [0.2, 0.25) is 0 Å². The predicted octanol–water partition coefficient (Wildman–Crippen LogP) is 1.40. The van der Waals surface area contributed by atoms with E-state index >= 15 is 0 Å². The molecule has 0 saturated carbocycles. The summed E-state index contributed by atoms with van der Waals surface area (Å²) in [6.07, 6.45) is 1.34. The van der Waals surface area contributed by atoms with Gasteiger partial charge in [0.15, 0.2) is 5.82 Å². The van der Waals surface area contributed by atoms with Crippen molar-refractivity contribution in [3.63, 3.8) is 0 Å². The number of H-pyrrole nitrogens is 1. The third-order valence-electron chi connectivity index (χ3n) is 5.11. The molecule has 1 aromatic rings. The standard InChI is InChI=1S/C19H32N6O3/c1-14-20-16(22-21-14)13-23-8-10-24(11-9-23)17(26)15-6-5-7-25(12-15)18(27)28-19(2,3)4/h15H,5-13H2,1-4H3,(H,20,21,22)/t15-/m0/s1. The number of hydrogen-bond acceptors (Lipinski definition) is 6. The molecule has 2 aliphatic heterocycles. The normalized spacial score (nSPS) is 21.6. The Labute approximate surface area is 166 Å². The van der Waals surface area contributed by atoms with Crippen molar-refractivity contribution in [2.24, 2.45) is 5.92 Å². The predicted molar refractivity (Wildman–Crippen MR) is 104 cm³/mol. The Balaban J connectivity index is 1.48. The summed E-state index contributed by atoms with van der Waals surface area (Å²) in [4.78, 5) is 35.5. The first-order valence-electron chi connectivity index (χ1n) is 10.1. The molecule has 2 aliphatic rings. The van der Waals surface area contributed by atoms with Crippen LogP contribution in [0.25, 0.3) is 0 Å². The van der Waals surface area contributed by atoms with Gasteiger partial charge in [-0.05, 0) is 40.5 Å². The van der Waals surface area contributed by atoms with Crippen LogP contribution in [0.4, 0.5) is 4.79 Å².